The largest absolute Gasteiger partial charge is 0.481 e. The maximum atomic E-state index is 12.9. The molecule has 1 fully saturated rings. The number of aromatic nitrogens is 1. The first-order valence-corrected chi connectivity index (χ1v) is 8.72. The molecular formula is C18H24N4O4. The fourth-order valence-corrected chi connectivity index (χ4v) is 3.32. The fourth-order valence-electron chi connectivity index (χ4n) is 3.32. The summed E-state index contributed by atoms with van der Waals surface area (Å²) in [6.07, 6.45) is 2.14. The van der Waals surface area contributed by atoms with Gasteiger partial charge in [0.25, 0.3) is 5.91 Å². The van der Waals surface area contributed by atoms with E-state index in [-0.39, 0.29) is 12.3 Å². The first-order chi connectivity index (χ1) is 12.5. The van der Waals surface area contributed by atoms with Crippen molar-refractivity contribution in [1.82, 2.24) is 9.99 Å². The number of carbonyl (C=O) groups excluding carboxylic acids is 1. The molecule has 1 N–H and O–H groups in total. The molecule has 0 unspecified atom stereocenters. The van der Waals surface area contributed by atoms with Gasteiger partial charge in [-0.2, -0.15) is 0 Å². The van der Waals surface area contributed by atoms with Crippen LogP contribution in [0.2, 0.25) is 0 Å². The van der Waals surface area contributed by atoms with Crippen molar-refractivity contribution in [3.8, 4) is 0 Å². The minimum Gasteiger partial charge on any atom is -0.481 e. The maximum absolute atomic E-state index is 12.9. The molecule has 0 atom stereocenters. The third-order valence-electron chi connectivity index (χ3n) is 4.82. The monoisotopic (exact) mass is 360 g/mol. The number of carbonyl (C=O) groups is 2. The molecule has 3 rings (SSSR count). The van der Waals surface area contributed by atoms with Gasteiger partial charge < -0.3 is 14.7 Å². The first-order valence-electron chi connectivity index (χ1n) is 8.72. The van der Waals surface area contributed by atoms with E-state index in [1.54, 1.807) is 16.2 Å². The van der Waals surface area contributed by atoms with Gasteiger partial charge in [-0.3, -0.25) is 14.6 Å². The second-order valence-corrected chi connectivity index (χ2v) is 6.48. The van der Waals surface area contributed by atoms with E-state index in [2.05, 4.69) is 9.88 Å². The maximum Gasteiger partial charge on any atom is 0.308 e. The Balaban J connectivity index is 1.87. The SMILES string of the molecule is CC1=C(CC(=O)O)C(=O)N(N(C)c2cccnc2N2CCOCC2)CC1. The molecule has 26 heavy (non-hydrogen) atoms. The van der Waals surface area contributed by atoms with Crippen LogP contribution in [0.3, 0.4) is 0 Å². The van der Waals surface area contributed by atoms with Gasteiger partial charge in [0.1, 0.15) is 0 Å². The number of ether oxygens (including phenoxy) is 1. The summed E-state index contributed by atoms with van der Waals surface area (Å²) in [7, 11) is 1.82. The molecular weight excluding hydrogens is 336 g/mol. The number of nitrogens with zero attached hydrogens (tertiary/aromatic N) is 4. The van der Waals surface area contributed by atoms with E-state index in [9.17, 15) is 9.59 Å². The average Bonchev–Trinajstić information content (AvgIpc) is 2.65. The van der Waals surface area contributed by atoms with Gasteiger partial charge in [-0.05, 0) is 25.5 Å². The summed E-state index contributed by atoms with van der Waals surface area (Å²) in [5, 5.41) is 12.5. The molecule has 1 saturated heterocycles. The highest BCUT2D eigenvalue weighted by Gasteiger charge is 2.31. The fraction of sp³-hybridized carbons (Fsp3) is 0.500. The highest BCUT2D eigenvalue weighted by atomic mass is 16.5. The van der Waals surface area contributed by atoms with Crippen molar-refractivity contribution in [2.45, 2.75) is 19.8 Å². The van der Waals surface area contributed by atoms with Crippen LogP contribution in [0.15, 0.2) is 29.5 Å². The molecule has 2 aliphatic rings. The molecule has 0 radical (unpaired) electrons. The third kappa shape index (κ3) is 3.65. The first kappa shape index (κ1) is 18.2. The van der Waals surface area contributed by atoms with Gasteiger partial charge in [-0.25, -0.2) is 9.99 Å². The normalized spacial score (nSPS) is 18.3. The van der Waals surface area contributed by atoms with Crippen LogP contribution < -0.4 is 9.91 Å². The van der Waals surface area contributed by atoms with Crippen LogP contribution in [0.25, 0.3) is 0 Å². The lowest BCUT2D eigenvalue weighted by atomic mass is 9.99. The van der Waals surface area contributed by atoms with Crippen LogP contribution in [0.5, 0.6) is 0 Å². The van der Waals surface area contributed by atoms with Crippen molar-refractivity contribution in [3.63, 3.8) is 0 Å². The summed E-state index contributed by atoms with van der Waals surface area (Å²) in [6, 6.07) is 3.76. The van der Waals surface area contributed by atoms with Crippen molar-refractivity contribution in [3.05, 3.63) is 29.5 Å². The van der Waals surface area contributed by atoms with E-state index in [0.29, 0.717) is 31.8 Å². The smallest absolute Gasteiger partial charge is 0.308 e. The van der Waals surface area contributed by atoms with Crippen LogP contribution in [-0.4, -0.2) is 66.9 Å². The third-order valence-corrected chi connectivity index (χ3v) is 4.82. The summed E-state index contributed by atoms with van der Waals surface area (Å²) >= 11 is 0. The van der Waals surface area contributed by atoms with Crippen molar-refractivity contribution in [2.75, 3.05) is 49.8 Å². The zero-order valence-electron chi connectivity index (χ0n) is 15.1. The van der Waals surface area contributed by atoms with Crippen LogP contribution in [-0.2, 0) is 14.3 Å². The number of anilines is 2. The number of rotatable bonds is 5. The number of amides is 1. The molecule has 140 valence electrons. The molecule has 1 amide bonds. The average molecular weight is 360 g/mol. The Bertz CT molecular complexity index is 728. The quantitative estimate of drug-likeness (QED) is 0.847. The number of carboxylic acids is 1. The zero-order valence-corrected chi connectivity index (χ0v) is 15.1. The molecule has 0 aliphatic carbocycles. The number of carboxylic acid groups (broad SMARTS) is 1. The second-order valence-electron chi connectivity index (χ2n) is 6.48. The van der Waals surface area contributed by atoms with Gasteiger partial charge in [0.15, 0.2) is 5.82 Å². The van der Waals surface area contributed by atoms with Gasteiger partial charge >= 0.3 is 5.97 Å². The standard InChI is InChI=1S/C18H24N4O4/c1-13-5-7-22(18(25)14(13)12-16(23)24)20(2)15-4-3-6-19-17(15)21-8-10-26-11-9-21/h3-4,6H,5,7-12H2,1-2H3,(H,23,24). The highest BCUT2D eigenvalue weighted by Crippen LogP contribution is 2.30. The Morgan fingerprint density at radius 2 is 2.08 bits per heavy atom. The van der Waals surface area contributed by atoms with Crippen LogP contribution in [0, 0.1) is 0 Å². The topological polar surface area (TPSA) is 86.2 Å². The Morgan fingerprint density at radius 1 is 1.35 bits per heavy atom. The number of hydrogen-bond donors (Lipinski definition) is 1. The Hall–Kier alpha value is -2.61. The van der Waals surface area contributed by atoms with Crippen molar-refractivity contribution >= 4 is 23.4 Å². The summed E-state index contributed by atoms with van der Waals surface area (Å²) in [5.41, 5.74) is 2.03. The summed E-state index contributed by atoms with van der Waals surface area (Å²) in [5.74, 6) is -0.444. The van der Waals surface area contributed by atoms with Crippen molar-refractivity contribution < 1.29 is 19.4 Å². The van der Waals surface area contributed by atoms with Gasteiger partial charge in [0.05, 0.1) is 25.3 Å². The number of hydrazine groups is 1. The molecule has 1 aromatic heterocycles. The molecule has 8 heteroatoms. The Kier molecular flexibility index (Phi) is 5.41. The molecule has 0 aromatic carbocycles. The van der Waals surface area contributed by atoms with Gasteiger partial charge in [0.2, 0.25) is 0 Å². The molecule has 2 aliphatic heterocycles. The van der Waals surface area contributed by atoms with Gasteiger partial charge in [-0.1, -0.05) is 5.57 Å². The molecule has 3 heterocycles. The van der Waals surface area contributed by atoms with Gasteiger partial charge in [0, 0.05) is 38.5 Å². The van der Waals surface area contributed by atoms with E-state index < -0.39 is 5.97 Å². The summed E-state index contributed by atoms with van der Waals surface area (Å²) < 4.78 is 5.41. The van der Waals surface area contributed by atoms with Crippen LogP contribution in [0.4, 0.5) is 11.5 Å². The Morgan fingerprint density at radius 3 is 2.77 bits per heavy atom. The molecule has 0 saturated carbocycles. The number of hydrogen-bond acceptors (Lipinski definition) is 6. The Labute approximate surface area is 152 Å². The van der Waals surface area contributed by atoms with Crippen molar-refractivity contribution in [2.24, 2.45) is 0 Å². The van der Waals surface area contributed by atoms with Crippen molar-refractivity contribution in [1.29, 1.82) is 0 Å². The molecule has 8 nitrogen and oxygen atoms in total. The second kappa shape index (κ2) is 7.74. The summed E-state index contributed by atoms with van der Waals surface area (Å²) in [4.78, 5) is 30.7. The predicted molar refractivity (Wildman–Crippen MR) is 97.0 cm³/mol. The lowest BCUT2D eigenvalue weighted by Crippen LogP contribution is -2.49. The van der Waals surface area contributed by atoms with Crippen LogP contribution in [0.1, 0.15) is 19.8 Å². The molecule has 1 aromatic rings. The minimum atomic E-state index is -0.993. The predicted octanol–water partition coefficient (Wildman–Crippen LogP) is 1.29. The van der Waals surface area contributed by atoms with E-state index in [1.165, 1.54) is 0 Å². The highest BCUT2D eigenvalue weighted by molar-refractivity contribution is 5.99. The number of pyridine rings is 1. The molecule has 0 bridgehead atoms. The van der Waals surface area contributed by atoms with Gasteiger partial charge in [-0.15, -0.1) is 0 Å². The van der Waals surface area contributed by atoms with E-state index in [4.69, 9.17) is 9.84 Å². The number of morpholine rings is 1. The van der Waals surface area contributed by atoms with E-state index in [1.807, 2.05) is 26.1 Å². The lowest BCUT2D eigenvalue weighted by Gasteiger charge is -2.39. The van der Waals surface area contributed by atoms with E-state index >= 15 is 0 Å². The summed E-state index contributed by atoms with van der Waals surface area (Å²) in [6.45, 7) is 5.13. The van der Waals surface area contributed by atoms with Crippen LogP contribution >= 0.6 is 0 Å². The zero-order chi connectivity index (χ0) is 18.7. The lowest BCUT2D eigenvalue weighted by molar-refractivity contribution is -0.138. The minimum absolute atomic E-state index is 0.252. The molecule has 0 spiro atoms. The number of aliphatic carboxylic acids is 1. The van der Waals surface area contributed by atoms with E-state index in [0.717, 1.165) is 30.2 Å².